The third-order valence-corrected chi connectivity index (χ3v) is 8.84. The van der Waals surface area contributed by atoms with E-state index in [0.717, 1.165) is 5.46 Å². The van der Waals surface area contributed by atoms with Crippen LogP contribution in [0.15, 0.2) is 48.5 Å². The molecule has 5 heteroatoms. The molecule has 1 heterocycles. The number of Topliss-reactive ketones (excluding diaryl/α,β-unsaturated/α-hetero) is 1. The quantitative estimate of drug-likeness (QED) is 0.472. The SMILES string of the molecule is CC(=O)c1cc[c]([W][c]2ccccc2)c(B2OC(C)(C)C(C)(C)O2)c1. The molecule has 3 rings (SSSR count). The molecule has 0 atom stereocenters. The summed E-state index contributed by atoms with van der Waals surface area (Å²) in [6.45, 7) is 9.81. The fourth-order valence-electron chi connectivity index (χ4n) is 2.63. The van der Waals surface area contributed by atoms with E-state index >= 15 is 0 Å². The molecule has 0 amide bonds. The van der Waals surface area contributed by atoms with Crippen molar-refractivity contribution in [1.82, 2.24) is 0 Å². The van der Waals surface area contributed by atoms with Gasteiger partial charge in [-0.3, -0.25) is 0 Å². The van der Waals surface area contributed by atoms with Gasteiger partial charge in [0.05, 0.1) is 0 Å². The van der Waals surface area contributed by atoms with Crippen molar-refractivity contribution in [3.8, 4) is 0 Å². The van der Waals surface area contributed by atoms with Crippen molar-refractivity contribution in [2.45, 2.75) is 45.8 Å². The summed E-state index contributed by atoms with van der Waals surface area (Å²) in [5, 5.41) is 0. The summed E-state index contributed by atoms with van der Waals surface area (Å²) in [5.74, 6) is 0.0639. The molecule has 0 N–H and O–H groups in total. The number of ketones is 1. The summed E-state index contributed by atoms with van der Waals surface area (Å²) in [6.07, 6.45) is 0. The molecule has 1 fully saturated rings. The Kier molecular flexibility index (Phi) is 5.07. The second kappa shape index (κ2) is 6.83. The molecule has 1 saturated heterocycles. The molecule has 2 aromatic rings. The standard InChI is InChI=1S/C14H18BO3.C6H5.W/c1-10(16)11-7-6-8-12(9-11)15-17-13(2,3)14(4,5)18-15;1-2-4-6-5-3-1;/h6-7,9H,1-5H3;1-5H;. The van der Waals surface area contributed by atoms with Crippen molar-refractivity contribution in [2.24, 2.45) is 0 Å². The zero-order chi connectivity index (χ0) is 18.2. The van der Waals surface area contributed by atoms with E-state index in [1.807, 2.05) is 18.2 Å². The van der Waals surface area contributed by atoms with E-state index in [1.165, 1.54) is 7.91 Å². The summed E-state index contributed by atoms with van der Waals surface area (Å²) in [7, 11) is -0.428. The van der Waals surface area contributed by atoms with Crippen LogP contribution in [0, 0.1) is 0 Å². The first-order valence-electron chi connectivity index (χ1n) is 8.43. The molecule has 3 nitrogen and oxygen atoms in total. The molecule has 0 aromatic heterocycles. The second-order valence-corrected chi connectivity index (χ2v) is 11.3. The predicted octanol–water partition coefficient (Wildman–Crippen LogP) is 2.22. The Labute approximate surface area is 158 Å². The predicted molar refractivity (Wildman–Crippen MR) is 97.9 cm³/mol. The first kappa shape index (κ1) is 18.6. The molecule has 1 aliphatic rings. The normalized spacial score (nSPS) is 18.4. The van der Waals surface area contributed by atoms with Crippen LogP contribution in [0.3, 0.4) is 0 Å². The average Bonchev–Trinajstić information content (AvgIpc) is 2.76. The molecule has 2 aromatic carbocycles. The van der Waals surface area contributed by atoms with Crippen molar-refractivity contribution in [1.29, 1.82) is 0 Å². The molecular weight excluding hydrogens is 483 g/mol. The van der Waals surface area contributed by atoms with Gasteiger partial charge in [-0.25, -0.2) is 0 Å². The zero-order valence-corrected chi connectivity index (χ0v) is 18.3. The van der Waals surface area contributed by atoms with Gasteiger partial charge in [0.2, 0.25) is 0 Å². The molecule has 0 unspecified atom stereocenters. The van der Waals surface area contributed by atoms with Crippen LogP contribution in [0.5, 0.6) is 0 Å². The molecule has 0 saturated carbocycles. The second-order valence-electron chi connectivity index (χ2n) is 7.31. The van der Waals surface area contributed by atoms with E-state index in [-0.39, 0.29) is 5.78 Å². The molecule has 25 heavy (non-hydrogen) atoms. The van der Waals surface area contributed by atoms with Crippen LogP contribution < -0.4 is 13.4 Å². The third kappa shape index (κ3) is 3.82. The van der Waals surface area contributed by atoms with Crippen molar-refractivity contribution in [3.05, 3.63) is 54.1 Å². The minimum atomic E-state index is -0.972. The van der Waals surface area contributed by atoms with Crippen molar-refractivity contribution in [3.63, 3.8) is 0 Å². The first-order chi connectivity index (χ1) is 11.7. The fraction of sp³-hybridized carbons (Fsp3) is 0.350. The van der Waals surface area contributed by atoms with Crippen LogP contribution in [-0.2, 0) is 27.9 Å². The fourth-order valence-corrected chi connectivity index (χ4v) is 6.07. The summed E-state index contributed by atoms with van der Waals surface area (Å²) >= 11 is -0.972. The molecule has 0 aliphatic carbocycles. The number of hydrogen-bond donors (Lipinski definition) is 0. The van der Waals surface area contributed by atoms with E-state index in [4.69, 9.17) is 9.31 Å². The molecule has 1 aliphatic heterocycles. The Morgan fingerprint density at radius 2 is 1.56 bits per heavy atom. The van der Waals surface area contributed by atoms with Gasteiger partial charge < -0.3 is 0 Å². The van der Waals surface area contributed by atoms with Gasteiger partial charge in [-0.1, -0.05) is 0 Å². The van der Waals surface area contributed by atoms with Crippen LogP contribution in [0.4, 0.5) is 0 Å². The van der Waals surface area contributed by atoms with Crippen LogP contribution in [0.25, 0.3) is 0 Å². The topological polar surface area (TPSA) is 35.5 Å². The van der Waals surface area contributed by atoms with Crippen molar-refractivity contribution in [2.75, 3.05) is 0 Å². The van der Waals surface area contributed by atoms with E-state index in [1.54, 1.807) is 6.92 Å². The number of carbonyl (C=O) groups excluding carboxylic acids is 1. The Morgan fingerprint density at radius 3 is 2.12 bits per heavy atom. The zero-order valence-electron chi connectivity index (χ0n) is 15.3. The van der Waals surface area contributed by atoms with Gasteiger partial charge in [0.1, 0.15) is 0 Å². The van der Waals surface area contributed by atoms with Gasteiger partial charge in [-0.05, 0) is 0 Å². The number of hydrogen-bond acceptors (Lipinski definition) is 3. The third-order valence-electron chi connectivity index (χ3n) is 4.89. The van der Waals surface area contributed by atoms with Crippen molar-refractivity contribution < 1.29 is 32.7 Å². The van der Waals surface area contributed by atoms with Crippen LogP contribution in [-0.4, -0.2) is 24.1 Å². The van der Waals surface area contributed by atoms with Gasteiger partial charge in [-0.15, -0.1) is 0 Å². The summed E-state index contributed by atoms with van der Waals surface area (Å²) < 4.78 is 15.2. The Balaban J connectivity index is 2.01. The van der Waals surface area contributed by atoms with Gasteiger partial charge in [0.15, 0.2) is 0 Å². The monoisotopic (exact) mass is 506 g/mol. The van der Waals surface area contributed by atoms with Crippen molar-refractivity contribution >= 4 is 26.3 Å². The maximum atomic E-state index is 11.9. The van der Waals surface area contributed by atoms with Gasteiger partial charge in [0, 0.05) is 0 Å². The van der Waals surface area contributed by atoms with Gasteiger partial charge in [0.25, 0.3) is 0 Å². The number of benzene rings is 2. The summed E-state index contributed by atoms with van der Waals surface area (Å²) in [6, 6.07) is 16.5. The Hall–Kier alpha value is -1.22. The average molecular weight is 506 g/mol. The molecule has 130 valence electrons. The van der Waals surface area contributed by atoms with E-state index < -0.39 is 36.9 Å². The molecule has 0 spiro atoms. The van der Waals surface area contributed by atoms with Gasteiger partial charge in [-0.2, -0.15) is 0 Å². The number of rotatable bonds is 4. The van der Waals surface area contributed by atoms with E-state index in [2.05, 4.69) is 58.0 Å². The van der Waals surface area contributed by atoms with Crippen LogP contribution in [0.2, 0.25) is 0 Å². The number of carbonyl (C=O) groups is 1. The van der Waals surface area contributed by atoms with E-state index in [0.29, 0.717) is 5.56 Å². The Bertz CT molecular complexity index is 771. The molecule has 0 radical (unpaired) electrons. The Morgan fingerprint density at radius 1 is 0.960 bits per heavy atom. The maximum absolute atomic E-state index is 11.9. The molecular formula is C20H23BO3W. The van der Waals surface area contributed by atoms with Crippen LogP contribution >= 0.6 is 0 Å². The first-order valence-corrected chi connectivity index (χ1v) is 11.4. The van der Waals surface area contributed by atoms with E-state index in [9.17, 15) is 4.79 Å². The van der Waals surface area contributed by atoms with Gasteiger partial charge >= 0.3 is 159 Å². The summed E-state index contributed by atoms with van der Waals surface area (Å²) in [5.41, 5.74) is 0.942. The van der Waals surface area contributed by atoms with Crippen LogP contribution in [0.1, 0.15) is 45.0 Å². The minimum absolute atomic E-state index is 0.0639. The molecule has 0 bridgehead atoms. The summed E-state index contributed by atoms with van der Waals surface area (Å²) in [4.78, 5) is 11.9.